The third-order valence-electron chi connectivity index (χ3n) is 5.74. The fraction of sp³-hybridized carbons (Fsp3) is 0.217. The van der Waals surface area contributed by atoms with E-state index in [1.807, 2.05) is 63.5 Å². The van der Waals surface area contributed by atoms with E-state index in [-0.39, 0.29) is 6.04 Å². The molecule has 3 heterocycles. The molecule has 31 heavy (non-hydrogen) atoms. The van der Waals surface area contributed by atoms with Crippen molar-refractivity contribution < 1.29 is 9.53 Å². The normalized spacial score (nSPS) is 15.8. The Balaban J connectivity index is 1.40. The van der Waals surface area contributed by atoms with Crippen LogP contribution in [0.15, 0.2) is 54.0 Å². The average molecular weight is 453 g/mol. The first-order valence-corrected chi connectivity index (χ1v) is 11.3. The van der Waals surface area contributed by atoms with Gasteiger partial charge in [-0.1, -0.05) is 23.7 Å². The first-order chi connectivity index (χ1) is 15.1. The molecule has 0 spiro atoms. The second kappa shape index (κ2) is 8.24. The van der Waals surface area contributed by atoms with Crippen LogP contribution in [-0.4, -0.2) is 34.0 Å². The summed E-state index contributed by atoms with van der Waals surface area (Å²) in [4.78, 5) is 17.7. The SMILES string of the molecule is N=c1sccn1CCOc1ccc(C2c3[nH]c4ccc(Cl)cc4c3CCN2C=O)cc1. The first-order valence-electron chi connectivity index (χ1n) is 10.1. The van der Waals surface area contributed by atoms with Gasteiger partial charge in [-0.3, -0.25) is 10.2 Å². The van der Waals surface area contributed by atoms with Crippen molar-refractivity contribution in [2.45, 2.75) is 19.0 Å². The van der Waals surface area contributed by atoms with Crippen molar-refractivity contribution >= 4 is 40.3 Å². The van der Waals surface area contributed by atoms with E-state index in [0.717, 1.165) is 40.7 Å². The summed E-state index contributed by atoms with van der Waals surface area (Å²) in [6, 6.07) is 13.6. The lowest BCUT2D eigenvalue weighted by Crippen LogP contribution is -2.34. The van der Waals surface area contributed by atoms with E-state index in [2.05, 4.69) is 4.98 Å². The summed E-state index contributed by atoms with van der Waals surface area (Å²) >= 11 is 7.62. The van der Waals surface area contributed by atoms with E-state index in [1.165, 1.54) is 16.9 Å². The number of nitrogens with zero attached hydrogens (tertiary/aromatic N) is 2. The van der Waals surface area contributed by atoms with Gasteiger partial charge in [0.15, 0.2) is 4.80 Å². The van der Waals surface area contributed by atoms with Crippen molar-refractivity contribution in [3.8, 4) is 5.75 Å². The van der Waals surface area contributed by atoms with Gasteiger partial charge in [0.1, 0.15) is 12.4 Å². The maximum absolute atomic E-state index is 11.8. The predicted octanol–water partition coefficient (Wildman–Crippen LogP) is 4.35. The molecule has 2 aromatic heterocycles. The molecule has 1 aliphatic rings. The van der Waals surface area contributed by atoms with Crippen LogP contribution in [-0.2, 0) is 17.8 Å². The number of nitrogens with one attached hydrogen (secondary N) is 2. The number of aromatic amines is 1. The van der Waals surface area contributed by atoms with Crippen molar-refractivity contribution in [3.63, 3.8) is 0 Å². The van der Waals surface area contributed by atoms with E-state index < -0.39 is 0 Å². The van der Waals surface area contributed by atoms with Crippen LogP contribution >= 0.6 is 22.9 Å². The zero-order valence-corrected chi connectivity index (χ0v) is 18.2. The van der Waals surface area contributed by atoms with Crippen LogP contribution < -0.4 is 9.54 Å². The lowest BCUT2D eigenvalue weighted by atomic mass is 9.93. The highest BCUT2D eigenvalue weighted by atomic mass is 35.5. The van der Waals surface area contributed by atoms with Gasteiger partial charge in [-0.05, 0) is 47.9 Å². The number of fused-ring (bicyclic) bond motifs is 3. The maximum atomic E-state index is 11.8. The number of aromatic nitrogens is 2. The number of rotatable bonds is 6. The van der Waals surface area contributed by atoms with E-state index in [1.54, 1.807) is 0 Å². The summed E-state index contributed by atoms with van der Waals surface area (Å²) in [5.74, 6) is 0.767. The number of ether oxygens (including phenoxy) is 1. The minimum atomic E-state index is -0.172. The Morgan fingerprint density at radius 2 is 2.10 bits per heavy atom. The van der Waals surface area contributed by atoms with Crippen molar-refractivity contribution in [1.82, 2.24) is 14.5 Å². The molecule has 1 atom stereocenters. The predicted molar refractivity (Wildman–Crippen MR) is 122 cm³/mol. The average Bonchev–Trinajstić information content (AvgIpc) is 3.36. The molecule has 1 aliphatic heterocycles. The molecule has 0 fully saturated rings. The zero-order valence-electron chi connectivity index (χ0n) is 16.7. The van der Waals surface area contributed by atoms with Crippen LogP contribution in [0.25, 0.3) is 10.9 Å². The second-order valence-electron chi connectivity index (χ2n) is 7.52. The van der Waals surface area contributed by atoms with E-state index in [4.69, 9.17) is 21.7 Å². The monoisotopic (exact) mass is 452 g/mol. The fourth-order valence-electron chi connectivity index (χ4n) is 4.24. The number of halogens is 1. The van der Waals surface area contributed by atoms with Gasteiger partial charge in [0.05, 0.1) is 12.6 Å². The Bertz CT molecular complexity index is 1290. The van der Waals surface area contributed by atoms with Gasteiger partial charge < -0.3 is 19.2 Å². The van der Waals surface area contributed by atoms with Crippen LogP contribution in [0.1, 0.15) is 22.9 Å². The number of hydrogen-bond acceptors (Lipinski definition) is 4. The molecule has 8 heteroatoms. The first kappa shape index (κ1) is 19.9. The molecular weight excluding hydrogens is 432 g/mol. The van der Waals surface area contributed by atoms with Crippen LogP contribution in [0.3, 0.4) is 0 Å². The highest BCUT2D eigenvalue weighted by Gasteiger charge is 2.31. The number of hydrogen-bond donors (Lipinski definition) is 2. The molecule has 0 radical (unpaired) electrons. The second-order valence-corrected chi connectivity index (χ2v) is 8.85. The molecular formula is C23H21ClN4O2S. The summed E-state index contributed by atoms with van der Waals surface area (Å²) < 4.78 is 7.71. The lowest BCUT2D eigenvalue weighted by molar-refractivity contribution is -0.120. The van der Waals surface area contributed by atoms with E-state index in [9.17, 15) is 4.79 Å². The van der Waals surface area contributed by atoms with E-state index >= 15 is 0 Å². The Kier molecular flexibility index (Phi) is 5.29. The topological polar surface area (TPSA) is 74.1 Å². The van der Waals surface area contributed by atoms with Gasteiger partial charge in [-0.2, -0.15) is 0 Å². The summed E-state index contributed by atoms with van der Waals surface area (Å²) in [6.07, 6.45) is 3.61. The fourth-order valence-corrected chi connectivity index (χ4v) is 5.04. The lowest BCUT2D eigenvalue weighted by Gasteiger charge is -2.33. The number of thiazole rings is 1. The minimum absolute atomic E-state index is 0.172. The highest BCUT2D eigenvalue weighted by Crippen LogP contribution is 2.38. The largest absolute Gasteiger partial charge is 0.492 e. The van der Waals surface area contributed by atoms with Gasteiger partial charge in [0, 0.05) is 39.7 Å². The van der Waals surface area contributed by atoms with Crippen molar-refractivity contribution in [2.75, 3.05) is 13.2 Å². The molecule has 2 aromatic carbocycles. The number of benzene rings is 2. The molecule has 0 saturated carbocycles. The van der Waals surface area contributed by atoms with Crippen LogP contribution in [0.5, 0.6) is 5.75 Å². The minimum Gasteiger partial charge on any atom is -0.492 e. The molecule has 0 saturated heterocycles. The maximum Gasteiger partial charge on any atom is 0.210 e. The third kappa shape index (κ3) is 3.75. The van der Waals surface area contributed by atoms with Crippen LogP contribution in [0, 0.1) is 5.41 Å². The number of carbonyl (C=O) groups excluding carboxylic acids is 1. The van der Waals surface area contributed by atoms with Gasteiger partial charge in [0.25, 0.3) is 0 Å². The molecule has 2 N–H and O–H groups in total. The summed E-state index contributed by atoms with van der Waals surface area (Å²) in [7, 11) is 0. The zero-order chi connectivity index (χ0) is 21.4. The summed E-state index contributed by atoms with van der Waals surface area (Å²) in [5, 5.41) is 11.5. The van der Waals surface area contributed by atoms with E-state index in [0.29, 0.717) is 29.5 Å². The summed E-state index contributed by atoms with van der Waals surface area (Å²) in [5.41, 5.74) is 4.33. The van der Waals surface area contributed by atoms with Crippen molar-refractivity contribution in [2.24, 2.45) is 0 Å². The number of amides is 1. The van der Waals surface area contributed by atoms with Gasteiger partial charge in [-0.25, -0.2) is 0 Å². The Morgan fingerprint density at radius 1 is 1.26 bits per heavy atom. The van der Waals surface area contributed by atoms with Gasteiger partial charge in [0.2, 0.25) is 6.41 Å². The molecule has 158 valence electrons. The molecule has 1 unspecified atom stereocenters. The molecule has 6 nitrogen and oxygen atoms in total. The Labute approximate surface area is 188 Å². The molecule has 0 bridgehead atoms. The summed E-state index contributed by atoms with van der Waals surface area (Å²) in [6.45, 7) is 1.78. The number of H-pyrrole nitrogens is 1. The molecule has 5 rings (SSSR count). The van der Waals surface area contributed by atoms with Gasteiger partial charge in [-0.15, -0.1) is 11.3 Å². The smallest absolute Gasteiger partial charge is 0.210 e. The third-order valence-corrected chi connectivity index (χ3v) is 6.69. The number of carbonyl (C=O) groups is 1. The van der Waals surface area contributed by atoms with Crippen LogP contribution in [0.4, 0.5) is 0 Å². The van der Waals surface area contributed by atoms with Gasteiger partial charge >= 0.3 is 0 Å². The quantitative estimate of drug-likeness (QED) is 0.427. The van der Waals surface area contributed by atoms with Crippen LogP contribution in [0.2, 0.25) is 5.02 Å². The highest BCUT2D eigenvalue weighted by molar-refractivity contribution is 7.06. The Morgan fingerprint density at radius 3 is 2.84 bits per heavy atom. The molecule has 1 amide bonds. The van der Waals surface area contributed by atoms with Crippen molar-refractivity contribution in [3.05, 3.63) is 80.7 Å². The van der Waals surface area contributed by atoms with Crippen molar-refractivity contribution in [1.29, 1.82) is 5.41 Å². The molecule has 0 aliphatic carbocycles. The standard InChI is InChI=1S/C23H21ClN4O2S/c24-16-3-6-20-19(13-16)18-7-8-28(14-29)22(21(18)26-20)15-1-4-17(5-2-15)30-11-9-27-10-12-31-23(27)25/h1-6,10,12-14,22,25-26H,7-9,11H2. The Hall–Kier alpha value is -3.03. The molecule has 4 aromatic rings.